The fraction of sp³-hybridized carbons (Fsp3) is 0.455. The van der Waals surface area contributed by atoms with Gasteiger partial charge >= 0.3 is 0 Å². The molecule has 0 aliphatic rings. The highest BCUT2D eigenvalue weighted by Gasteiger charge is 2.32. The lowest BCUT2D eigenvalue weighted by atomic mass is 10.00. The minimum absolute atomic E-state index is 0.0714. The number of ketones is 1. The van der Waals surface area contributed by atoms with Gasteiger partial charge in [-0.15, -0.1) is 11.3 Å². The number of thiazole rings is 1. The third kappa shape index (κ3) is 12.3. The maximum absolute atomic E-state index is 13.7. The molecule has 2 heterocycles. The minimum atomic E-state index is -1.29. The van der Waals surface area contributed by atoms with Gasteiger partial charge in [0.2, 0.25) is 35.3 Å². The predicted molar refractivity (Wildman–Crippen MR) is 189 cm³/mol. The van der Waals surface area contributed by atoms with Gasteiger partial charge in [-0.3, -0.25) is 34.2 Å². The van der Waals surface area contributed by atoms with E-state index < -0.39 is 59.5 Å². The second-order valence-electron chi connectivity index (χ2n) is 12.3. The molecule has 2 aromatic heterocycles. The summed E-state index contributed by atoms with van der Waals surface area (Å²) in [7, 11) is 0. The standard InChI is InChI=1S/C33H46N10O6S/c1-18(2)15-25(30(48)41-23(9-6-12-38-33(35)36)28(46)32-37-13-14-50-32)43-29(47)24(10-11-27(34)45)42-31(49)26(40-19(3)44)16-20-17-39-22-8-5-4-7-21(20)22/h4-5,7-8,13-14,17-18,23-26,39H,6,9-12,15-16H2,1-3H3,(H2,34,45)(H,40,44)(H,41,48)(H,42,49)(H,43,47)(H4,35,36,38)/t23-,24-,25-,26-/m0/s1. The average molecular weight is 711 g/mol. The quantitative estimate of drug-likeness (QED) is 0.0343. The molecule has 3 aromatic rings. The Morgan fingerprint density at radius 1 is 0.900 bits per heavy atom. The molecule has 11 N–H and O–H groups in total. The van der Waals surface area contributed by atoms with Gasteiger partial charge in [-0.2, -0.15) is 0 Å². The molecule has 50 heavy (non-hydrogen) atoms. The molecule has 5 amide bonds. The van der Waals surface area contributed by atoms with Crippen LogP contribution in [0, 0.1) is 11.3 Å². The molecule has 0 aliphatic heterocycles. The zero-order valence-electron chi connectivity index (χ0n) is 28.3. The van der Waals surface area contributed by atoms with Crippen LogP contribution in [-0.4, -0.2) is 82.0 Å². The van der Waals surface area contributed by atoms with Gasteiger partial charge in [0.15, 0.2) is 11.0 Å². The number of guanidine groups is 1. The van der Waals surface area contributed by atoms with Crippen LogP contribution in [0.3, 0.4) is 0 Å². The van der Waals surface area contributed by atoms with Gasteiger partial charge in [0.1, 0.15) is 18.1 Å². The van der Waals surface area contributed by atoms with Gasteiger partial charge in [0.05, 0.1) is 6.04 Å². The Bertz CT molecular complexity index is 1660. The summed E-state index contributed by atoms with van der Waals surface area (Å²) < 4.78 is 0. The number of hydrogen-bond acceptors (Lipinski definition) is 9. The van der Waals surface area contributed by atoms with Gasteiger partial charge in [-0.1, -0.05) is 32.0 Å². The van der Waals surface area contributed by atoms with Gasteiger partial charge in [-0.25, -0.2) is 4.98 Å². The molecule has 3 rings (SSSR count). The summed E-state index contributed by atoms with van der Waals surface area (Å²) in [5.74, 6) is -3.91. The lowest BCUT2D eigenvalue weighted by Gasteiger charge is -2.27. The fourth-order valence-corrected chi connectivity index (χ4v) is 5.97. The normalized spacial score (nSPS) is 13.4. The first-order valence-electron chi connectivity index (χ1n) is 16.3. The van der Waals surface area contributed by atoms with Crippen LogP contribution < -0.4 is 38.1 Å². The maximum Gasteiger partial charge on any atom is 0.243 e. The largest absolute Gasteiger partial charge is 0.370 e. The maximum atomic E-state index is 13.7. The van der Waals surface area contributed by atoms with E-state index in [4.69, 9.17) is 16.9 Å². The molecule has 270 valence electrons. The number of hydrogen-bond donors (Lipinski definition) is 9. The molecular weight excluding hydrogens is 664 g/mol. The van der Waals surface area contributed by atoms with E-state index in [9.17, 15) is 28.8 Å². The lowest BCUT2D eigenvalue weighted by Crippen LogP contribution is -2.58. The summed E-state index contributed by atoms with van der Waals surface area (Å²) in [6.45, 7) is 5.27. The zero-order chi connectivity index (χ0) is 36.8. The van der Waals surface area contributed by atoms with E-state index in [1.165, 1.54) is 13.1 Å². The number of benzene rings is 1. The van der Waals surface area contributed by atoms with Crippen molar-refractivity contribution in [1.82, 2.24) is 36.6 Å². The first kappa shape index (κ1) is 39.1. The molecule has 4 atom stereocenters. The Labute approximate surface area is 293 Å². The van der Waals surface area contributed by atoms with Crippen LogP contribution >= 0.6 is 11.3 Å². The monoisotopic (exact) mass is 710 g/mol. The van der Waals surface area contributed by atoms with E-state index in [0.29, 0.717) is 13.0 Å². The number of nitrogens with one attached hydrogen (secondary N) is 7. The fourth-order valence-electron chi connectivity index (χ4n) is 5.34. The van der Waals surface area contributed by atoms with Crippen molar-refractivity contribution in [2.24, 2.45) is 17.4 Å². The van der Waals surface area contributed by atoms with Crippen molar-refractivity contribution in [1.29, 1.82) is 5.41 Å². The second-order valence-corrected chi connectivity index (χ2v) is 13.2. The van der Waals surface area contributed by atoms with Crippen LogP contribution in [0.15, 0.2) is 42.0 Å². The van der Waals surface area contributed by atoms with Crippen molar-refractivity contribution in [3.05, 3.63) is 52.6 Å². The lowest BCUT2D eigenvalue weighted by molar-refractivity contribution is -0.134. The van der Waals surface area contributed by atoms with E-state index in [2.05, 4.69) is 36.6 Å². The van der Waals surface area contributed by atoms with Gasteiger partial charge in [0, 0.05) is 55.0 Å². The number of para-hydroxylation sites is 1. The van der Waals surface area contributed by atoms with E-state index in [1.54, 1.807) is 11.6 Å². The summed E-state index contributed by atoms with van der Waals surface area (Å²) in [5, 5.41) is 23.4. The highest BCUT2D eigenvalue weighted by Crippen LogP contribution is 2.19. The predicted octanol–water partition coefficient (Wildman–Crippen LogP) is 0.584. The van der Waals surface area contributed by atoms with Crippen LogP contribution in [0.25, 0.3) is 10.9 Å². The van der Waals surface area contributed by atoms with Crippen molar-refractivity contribution >= 4 is 63.5 Å². The Kier molecular flexibility index (Phi) is 14.9. The highest BCUT2D eigenvalue weighted by molar-refractivity contribution is 7.11. The summed E-state index contributed by atoms with van der Waals surface area (Å²) in [5.41, 5.74) is 12.3. The van der Waals surface area contributed by atoms with Crippen LogP contribution in [0.4, 0.5) is 0 Å². The number of primary amides is 1. The number of rotatable bonds is 20. The molecule has 0 saturated heterocycles. The number of aromatic nitrogens is 2. The molecule has 0 saturated carbocycles. The first-order chi connectivity index (χ1) is 23.7. The number of nitrogens with two attached hydrogens (primary N) is 2. The molecule has 0 unspecified atom stereocenters. The number of amides is 5. The number of carbonyl (C=O) groups excluding carboxylic acids is 6. The van der Waals surface area contributed by atoms with Crippen molar-refractivity contribution in [2.75, 3.05) is 6.54 Å². The van der Waals surface area contributed by atoms with Crippen molar-refractivity contribution in [3.63, 3.8) is 0 Å². The summed E-state index contributed by atoms with van der Waals surface area (Å²) >= 11 is 1.13. The SMILES string of the molecule is CC(=O)N[C@@H](Cc1c[nH]c2ccccc12)C(=O)N[C@@H](CCC(N)=O)C(=O)N[C@@H](CC(C)C)C(=O)N[C@@H](CCCNC(=N)N)C(=O)c1nccs1. The molecule has 1 aromatic carbocycles. The third-order valence-electron chi connectivity index (χ3n) is 7.71. The Hall–Kier alpha value is -5.32. The van der Waals surface area contributed by atoms with E-state index in [1.807, 2.05) is 38.1 Å². The second kappa shape index (κ2) is 19.0. The Balaban J connectivity index is 1.80. The summed E-state index contributed by atoms with van der Waals surface area (Å²) in [6.07, 6.45) is 3.69. The molecular formula is C33H46N10O6S. The molecule has 0 bridgehead atoms. The van der Waals surface area contributed by atoms with Gasteiger partial charge in [0.25, 0.3) is 0 Å². The minimum Gasteiger partial charge on any atom is -0.370 e. The summed E-state index contributed by atoms with van der Waals surface area (Å²) in [4.78, 5) is 85.4. The smallest absolute Gasteiger partial charge is 0.243 e. The van der Waals surface area contributed by atoms with Gasteiger partial charge < -0.3 is 43.0 Å². The number of Topliss-reactive ketones (excluding diaryl/α,β-unsaturated/α-hetero) is 1. The molecule has 17 heteroatoms. The third-order valence-corrected chi connectivity index (χ3v) is 8.49. The topological polar surface area (TPSA) is 267 Å². The summed E-state index contributed by atoms with van der Waals surface area (Å²) in [6, 6.07) is 3.01. The van der Waals surface area contributed by atoms with Crippen LogP contribution in [-0.2, 0) is 30.4 Å². The van der Waals surface area contributed by atoms with E-state index in [0.717, 1.165) is 27.8 Å². The van der Waals surface area contributed by atoms with Crippen molar-refractivity contribution in [3.8, 4) is 0 Å². The zero-order valence-corrected chi connectivity index (χ0v) is 29.2. The molecule has 0 aliphatic carbocycles. The Morgan fingerprint density at radius 3 is 2.20 bits per heavy atom. The van der Waals surface area contributed by atoms with Crippen molar-refractivity contribution < 1.29 is 28.8 Å². The van der Waals surface area contributed by atoms with Crippen molar-refractivity contribution in [2.45, 2.75) is 83.5 Å². The highest BCUT2D eigenvalue weighted by atomic mass is 32.1. The molecule has 16 nitrogen and oxygen atoms in total. The number of H-pyrrole nitrogens is 1. The first-order valence-corrected chi connectivity index (χ1v) is 17.2. The van der Waals surface area contributed by atoms with E-state index in [-0.39, 0.29) is 49.0 Å². The number of fused-ring (bicyclic) bond motifs is 1. The van der Waals surface area contributed by atoms with Crippen LogP contribution in [0.2, 0.25) is 0 Å². The average Bonchev–Trinajstić information content (AvgIpc) is 3.73. The number of aromatic amines is 1. The molecule has 0 fully saturated rings. The number of nitrogens with zero attached hydrogens (tertiary/aromatic N) is 1. The van der Waals surface area contributed by atoms with Crippen LogP contribution in [0.1, 0.15) is 68.2 Å². The number of carbonyl (C=O) groups is 6. The molecule has 0 spiro atoms. The Morgan fingerprint density at radius 2 is 1.56 bits per heavy atom. The molecule has 0 radical (unpaired) electrons. The van der Waals surface area contributed by atoms with Gasteiger partial charge in [-0.05, 0) is 43.2 Å². The van der Waals surface area contributed by atoms with Crippen LogP contribution in [0.5, 0.6) is 0 Å². The van der Waals surface area contributed by atoms with E-state index >= 15 is 0 Å².